The normalized spacial score (nSPS) is 11.3. The molecule has 6 nitrogen and oxygen atoms in total. The molecule has 0 atom stereocenters. The minimum atomic E-state index is 0.812. The van der Waals surface area contributed by atoms with Crippen molar-refractivity contribution in [2.45, 2.75) is 32.9 Å². The Kier molecular flexibility index (Phi) is 4.46. The van der Waals surface area contributed by atoms with Crippen LogP contribution in [-0.4, -0.2) is 43.5 Å². The van der Waals surface area contributed by atoms with Crippen LogP contribution in [-0.2, 0) is 19.5 Å². The van der Waals surface area contributed by atoms with Gasteiger partial charge in [-0.3, -0.25) is 14.7 Å². The molecule has 0 saturated heterocycles. The van der Waals surface area contributed by atoms with E-state index >= 15 is 0 Å². The Bertz CT molecular complexity index is 447. The molecule has 2 rings (SSSR count). The standard InChI is InChI=1S/C12H20N6/c1-3-11-14-12(16-15-11)10-17(2)7-5-9-18-8-4-6-13-18/h4,6,8H,3,5,7,9-10H2,1-2H3,(H,14,15,16). The summed E-state index contributed by atoms with van der Waals surface area (Å²) in [6, 6.07) is 1.95. The van der Waals surface area contributed by atoms with Crippen molar-refractivity contribution in [3.05, 3.63) is 30.1 Å². The first-order valence-electron chi connectivity index (χ1n) is 6.34. The van der Waals surface area contributed by atoms with Crippen molar-refractivity contribution in [2.75, 3.05) is 13.6 Å². The largest absolute Gasteiger partial charge is 0.299 e. The van der Waals surface area contributed by atoms with E-state index in [2.05, 4.69) is 39.2 Å². The summed E-state index contributed by atoms with van der Waals surface area (Å²) < 4.78 is 1.96. The van der Waals surface area contributed by atoms with Gasteiger partial charge in [-0.15, -0.1) is 0 Å². The summed E-state index contributed by atoms with van der Waals surface area (Å²) in [6.45, 7) is 4.84. The number of H-pyrrole nitrogens is 1. The number of aryl methyl sites for hydroxylation is 2. The molecule has 0 spiro atoms. The molecule has 2 aromatic heterocycles. The van der Waals surface area contributed by atoms with Gasteiger partial charge in [0.2, 0.25) is 0 Å². The summed E-state index contributed by atoms with van der Waals surface area (Å²) in [5.74, 6) is 1.82. The highest BCUT2D eigenvalue weighted by atomic mass is 15.3. The van der Waals surface area contributed by atoms with Gasteiger partial charge >= 0.3 is 0 Å². The molecule has 1 N–H and O–H groups in total. The number of hydrogen-bond acceptors (Lipinski definition) is 4. The zero-order valence-corrected chi connectivity index (χ0v) is 11.0. The minimum absolute atomic E-state index is 0.812. The van der Waals surface area contributed by atoms with Crippen LogP contribution in [0.5, 0.6) is 0 Å². The molecule has 0 amide bonds. The Morgan fingerprint density at radius 2 is 2.33 bits per heavy atom. The lowest BCUT2D eigenvalue weighted by molar-refractivity contribution is 0.304. The third-order valence-corrected chi connectivity index (χ3v) is 2.80. The van der Waals surface area contributed by atoms with Crippen LogP contribution in [0.1, 0.15) is 25.0 Å². The van der Waals surface area contributed by atoms with Crippen molar-refractivity contribution < 1.29 is 0 Å². The number of nitrogens with one attached hydrogen (secondary N) is 1. The van der Waals surface area contributed by atoms with Crippen LogP contribution < -0.4 is 0 Å². The summed E-state index contributed by atoms with van der Waals surface area (Å²) in [5.41, 5.74) is 0. The van der Waals surface area contributed by atoms with Crippen LogP contribution >= 0.6 is 0 Å². The fourth-order valence-corrected chi connectivity index (χ4v) is 1.83. The Labute approximate surface area is 107 Å². The summed E-state index contributed by atoms with van der Waals surface area (Å²) in [4.78, 5) is 6.64. The lowest BCUT2D eigenvalue weighted by Gasteiger charge is -2.14. The predicted molar refractivity (Wildman–Crippen MR) is 68.9 cm³/mol. The molecule has 0 unspecified atom stereocenters. The Morgan fingerprint density at radius 1 is 1.44 bits per heavy atom. The molecule has 2 heterocycles. The number of aromatic nitrogens is 5. The summed E-state index contributed by atoms with van der Waals surface area (Å²) in [6.07, 6.45) is 5.75. The van der Waals surface area contributed by atoms with Crippen molar-refractivity contribution in [1.82, 2.24) is 29.9 Å². The molecule has 0 aliphatic rings. The second-order valence-electron chi connectivity index (χ2n) is 4.41. The average molecular weight is 248 g/mol. The zero-order chi connectivity index (χ0) is 12.8. The highest BCUT2D eigenvalue weighted by Crippen LogP contribution is 1.99. The van der Waals surface area contributed by atoms with E-state index in [0.717, 1.165) is 44.1 Å². The van der Waals surface area contributed by atoms with Crippen molar-refractivity contribution in [1.29, 1.82) is 0 Å². The second kappa shape index (κ2) is 6.30. The number of aromatic amines is 1. The summed E-state index contributed by atoms with van der Waals surface area (Å²) in [7, 11) is 2.09. The van der Waals surface area contributed by atoms with Gasteiger partial charge in [0.25, 0.3) is 0 Å². The molecule has 0 fully saturated rings. The number of nitrogens with zero attached hydrogens (tertiary/aromatic N) is 5. The quantitative estimate of drug-likeness (QED) is 0.796. The average Bonchev–Trinajstić information content (AvgIpc) is 3.00. The van der Waals surface area contributed by atoms with Gasteiger partial charge < -0.3 is 0 Å². The minimum Gasteiger partial charge on any atom is -0.299 e. The Balaban J connectivity index is 1.70. The number of rotatable bonds is 7. The van der Waals surface area contributed by atoms with E-state index in [-0.39, 0.29) is 0 Å². The van der Waals surface area contributed by atoms with E-state index in [1.165, 1.54) is 0 Å². The molecule has 0 aliphatic heterocycles. The van der Waals surface area contributed by atoms with E-state index in [1.807, 2.05) is 23.1 Å². The Hall–Kier alpha value is -1.69. The van der Waals surface area contributed by atoms with Crippen molar-refractivity contribution in [3.8, 4) is 0 Å². The molecule has 0 bridgehead atoms. The summed E-state index contributed by atoms with van der Waals surface area (Å²) >= 11 is 0. The zero-order valence-electron chi connectivity index (χ0n) is 11.0. The highest BCUT2D eigenvalue weighted by molar-refractivity contribution is 4.89. The number of hydrogen-bond donors (Lipinski definition) is 1. The molecule has 98 valence electrons. The molecule has 0 aromatic carbocycles. The first kappa shape index (κ1) is 12.8. The maximum Gasteiger partial charge on any atom is 0.150 e. The second-order valence-corrected chi connectivity index (χ2v) is 4.41. The van der Waals surface area contributed by atoms with E-state index in [9.17, 15) is 0 Å². The van der Waals surface area contributed by atoms with Gasteiger partial charge in [-0.2, -0.15) is 10.2 Å². The van der Waals surface area contributed by atoms with Crippen molar-refractivity contribution >= 4 is 0 Å². The fourth-order valence-electron chi connectivity index (χ4n) is 1.83. The third kappa shape index (κ3) is 3.66. The third-order valence-electron chi connectivity index (χ3n) is 2.80. The van der Waals surface area contributed by atoms with Crippen LogP contribution in [0, 0.1) is 0 Å². The predicted octanol–water partition coefficient (Wildman–Crippen LogP) is 1.09. The van der Waals surface area contributed by atoms with Gasteiger partial charge in [0.05, 0.1) is 6.54 Å². The first-order valence-corrected chi connectivity index (χ1v) is 6.34. The van der Waals surface area contributed by atoms with Crippen molar-refractivity contribution in [2.24, 2.45) is 0 Å². The van der Waals surface area contributed by atoms with Crippen LogP contribution in [0.15, 0.2) is 18.5 Å². The fraction of sp³-hybridized carbons (Fsp3) is 0.583. The molecule has 0 aliphatic carbocycles. The van der Waals surface area contributed by atoms with Gasteiger partial charge in [0.15, 0.2) is 0 Å². The van der Waals surface area contributed by atoms with Gasteiger partial charge in [0, 0.05) is 31.9 Å². The highest BCUT2D eigenvalue weighted by Gasteiger charge is 2.05. The van der Waals surface area contributed by atoms with Crippen LogP contribution in [0.4, 0.5) is 0 Å². The maximum atomic E-state index is 4.40. The first-order chi connectivity index (χ1) is 8.78. The van der Waals surface area contributed by atoms with Crippen LogP contribution in [0.3, 0.4) is 0 Å². The molecule has 2 aromatic rings. The van der Waals surface area contributed by atoms with Gasteiger partial charge in [-0.25, -0.2) is 4.98 Å². The monoisotopic (exact) mass is 248 g/mol. The smallest absolute Gasteiger partial charge is 0.150 e. The summed E-state index contributed by atoms with van der Waals surface area (Å²) in [5, 5.41) is 11.3. The molecule has 0 saturated carbocycles. The maximum absolute atomic E-state index is 4.40. The van der Waals surface area contributed by atoms with Crippen LogP contribution in [0.25, 0.3) is 0 Å². The van der Waals surface area contributed by atoms with Crippen molar-refractivity contribution in [3.63, 3.8) is 0 Å². The lowest BCUT2D eigenvalue weighted by Crippen LogP contribution is -2.21. The van der Waals surface area contributed by atoms with Crippen LogP contribution in [0.2, 0.25) is 0 Å². The topological polar surface area (TPSA) is 62.6 Å². The van der Waals surface area contributed by atoms with Gasteiger partial charge in [0.1, 0.15) is 11.6 Å². The van der Waals surface area contributed by atoms with E-state index < -0.39 is 0 Å². The Morgan fingerprint density at radius 3 is 3.00 bits per heavy atom. The molecular formula is C12H20N6. The SMILES string of the molecule is CCc1n[nH]c(CN(C)CCCn2cccn2)n1. The van der Waals surface area contributed by atoms with Gasteiger partial charge in [-0.1, -0.05) is 6.92 Å². The molecular weight excluding hydrogens is 228 g/mol. The molecule has 18 heavy (non-hydrogen) atoms. The lowest BCUT2D eigenvalue weighted by atomic mass is 10.4. The van der Waals surface area contributed by atoms with E-state index in [1.54, 1.807) is 0 Å². The molecule has 6 heteroatoms. The van der Waals surface area contributed by atoms with Gasteiger partial charge in [-0.05, 0) is 19.5 Å². The van der Waals surface area contributed by atoms with E-state index in [4.69, 9.17) is 0 Å². The van der Waals surface area contributed by atoms with E-state index in [0.29, 0.717) is 0 Å². The molecule has 0 radical (unpaired) electrons.